The Hall–Kier alpha value is -0.590. The van der Waals surface area contributed by atoms with Crippen LogP contribution < -0.4 is 5.32 Å². The highest BCUT2D eigenvalue weighted by Gasteiger charge is 2.13. The van der Waals surface area contributed by atoms with Crippen molar-refractivity contribution in [1.29, 1.82) is 0 Å². The third-order valence-electron chi connectivity index (χ3n) is 2.47. The minimum Gasteiger partial charge on any atom is -0.383 e. The molecule has 1 rings (SSSR count). The number of rotatable bonds is 10. The topological polar surface area (TPSA) is 60.2 Å². The maximum absolute atomic E-state index is 5.28. The van der Waals surface area contributed by atoms with Crippen molar-refractivity contribution < 1.29 is 9.26 Å². The van der Waals surface area contributed by atoms with E-state index in [0.717, 1.165) is 23.9 Å². The van der Waals surface area contributed by atoms with Gasteiger partial charge in [-0.3, -0.25) is 0 Å². The van der Waals surface area contributed by atoms with Gasteiger partial charge in [-0.1, -0.05) is 25.9 Å². The van der Waals surface area contributed by atoms with Gasteiger partial charge >= 0.3 is 0 Å². The van der Waals surface area contributed by atoms with Crippen LogP contribution in [0.1, 0.15) is 32.5 Å². The summed E-state index contributed by atoms with van der Waals surface area (Å²) in [6, 6.07) is 0.228. The van der Waals surface area contributed by atoms with Gasteiger partial charge in [-0.25, -0.2) is 0 Å². The van der Waals surface area contributed by atoms with E-state index in [0.29, 0.717) is 24.8 Å². The summed E-state index contributed by atoms with van der Waals surface area (Å²) in [5.41, 5.74) is 0. The van der Waals surface area contributed by atoms with Crippen LogP contribution >= 0.6 is 11.8 Å². The van der Waals surface area contributed by atoms with Crippen LogP contribution in [0.3, 0.4) is 0 Å². The third kappa shape index (κ3) is 6.94. The minimum atomic E-state index is 0.228. The van der Waals surface area contributed by atoms with Gasteiger partial charge < -0.3 is 14.6 Å². The smallest absolute Gasteiger partial charge is 0.228 e. The summed E-state index contributed by atoms with van der Waals surface area (Å²) < 4.78 is 10.4. The van der Waals surface area contributed by atoms with Crippen molar-refractivity contribution in [3.05, 3.63) is 11.7 Å². The Balaban J connectivity index is 2.39. The average molecular weight is 287 g/mol. The van der Waals surface area contributed by atoms with E-state index in [1.54, 1.807) is 7.11 Å². The summed E-state index contributed by atoms with van der Waals surface area (Å²) in [7, 11) is 1.70. The summed E-state index contributed by atoms with van der Waals surface area (Å²) in [5, 5.41) is 7.35. The number of hydrogen-bond donors (Lipinski definition) is 1. The molecule has 19 heavy (non-hydrogen) atoms. The maximum Gasteiger partial charge on any atom is 0.228 e. The lowest BCUT2D eigenvalue weighted by Gasteiger charge is -2.14. The second-order valence-electron chi connectivity index (χ2n) is 4.93. The van der Waals surface area contributed by atoms with Crippen LogP contribution in [0.2, 0.25) is 0 Å². The van der Waals surface area contributed by atoms with Crippen molar-refractivity contribution in [2.45, 2.75) is 39.0 Å². The van der Waals surface area contributed by atoms with Crippen LogP contribution in [0, 0.1) is 5.92 Å². The van der Waals surface area contributed by atoms with E-state index in [4.69, 9.17) is 9.26 Å². The average Bonchev–Trinajstić information content (AvgIpc) is 2.77. The molecule has 0 aliphatic heterocycles. The fourth-order valence-corrected chi connectivity index (χ4v) is 2.60. The fraction of sp³-hybridized carbons (Fsp3) is 0.846. The molecule has 0 aliphatic carbocycles. The van der Waals surface area contributed by atoms with E-state index in [1.807, 2.05) is 11.8 Å². The van der Waals surface area contributed by atoms with Crippen LogP contribution in [0.25, 0.3) is 0 Å². The van der Waals surface area contributed by atoms with Crippen molar-refractivity contribution in [2.24, 2.45) is 5.92 Å². The van der Waals surface area contributed by atoms with Crippen molar-refractivity contribution in [2.75, 3.05) is 26.0 Å². The van der Waals surface area contributed by atoms with Gasteiger partial charge in [-0.05, 0) is 18.2 Å². The summed E-state index contributed by atoms with van der Waals surface area (Å²) in [5.74, 6) is 4.10. The number of nitrogens with zero attached hydrogens (tertiary/aromatic N) is 2. The second-order valence-corrected chi connectivity index (χ2v) is 5.96. The first kappa shape index (κ1) is 16.5. The lowest BCUT2D eigenvalue weighted by molar-refractivity contribution is 0.162. The van der Waals surface area contributed by atoms with E-state index < -0.39 is 0 Å². The zero-order chi connectivity index (χ0) is 14.1. The molecule has 0 saturated heterocycles. The predicted octanol–water partition coefficient (Wildman–Crippen LogP) is 2.13. The van der Waals surface area contributed by atoms with Crippen molar-refractivity contribution in [3.8, 4) is 0 Å². The number of ether oxygens (including phenoxy) is 1. The Bertz CT molecular complexity index is 338. The third-order valence-corrected chi connectivity index (χ3v) is 3.84. The molecule has 0 aromatic carbocycles. The molecule has 1 aromatic rings. The Morgan fingerprint density at radius 1 is 1.42 bits per heavy atom. The molecule has 1 unspecified atom stereocenters. The monoisotopic (exact) mass is 287 g/mol. The number of nitrogens with one attached hydrogen (secondary N) is 1. The van der Waals surface area contributed by atoms with Crippen LogP contribution in [0.15, 0.2) is 4.52 Å². The highest BCUT2D eigenvalue weighted by atomic mass is 32.2. The van der Waals surface area contributed by atoms with Gasteiger partial charge in [0.15, 0.2) is 5.82 Å². The summed E-state index contributed by atoms with van der Waals surface area (Å²) in [4.78, 5) is 4.42. The minimum absolute atomic E-state index is 0.228. The molecular weight excluding hydrogens is 262 g/mol. The molecular formula is C13H25N3O2S. The molecule has 0 fully saturated rings. The van der Waals surface area contributed by atoms with Gasteiger partial charge in [0.05, 0.1) is 12.4 Å². The molecule has 0 saturated carbocycles. The van der Waals surface area contributed by atoms with Crippen molar-refractivity contribution >= 4 is 11.8 Å². The Kier molecular flexibility index (Phi) is 8.09. The molecule has 0 amide bonds. The first-order valence-corrected chi connectivity index (χ1v) is 7.92. The van der Waals surface area contributed by atoms with Gasteiger partial charge in [0, 0.05) is 19.6 Å². The van der Waals surface area contributed by atoms with Gasteiger partial charge in [0.1, 0.15) is 0 Å². The Labute approximate surface area is 119 Å². The zero-order valence-corrected chi connectivity index (χ0v) is 13.1. The highest BCUT2D eigenvalue weighted by molar-refractivity contribution is 7.98. The van der Waals surface area contributed by atoms with Gasteiger partial charge in [0.25, 0.3) is 0 Å². The molecule has 6 heteroatoms. The van der Waals surface area contributed by atoms with Gasteiger partial charge in [-0.15, -0.1) is 0 Å². The van der Waals surface area contributed by atoms with Crippen LogP contribution in [-0.4, -0.2) is 42.2 Å². The molecule has 0 spiro atoms. The van der Waals surface area contributed by atoms with Crippen molar-refractivity contribution in [1.82, 2.24) is 15.5 Å². The fourth-order valence-electron chi connectivity index (χ4n) is 1.71. The molecule has 0 bridgehead atoms. The number of hydrogen-bond acceptors (Lipinski definition) is 6. The highest BCUT2D eigenvalue weighted by Crippen LogP contribution is 2.13. The Morgan fingerprint density at radius 3 is 2.84 bits per heavy atom. The second kappa shape index (κ2) is 9.34. The molecule has 110 valence electrons. The molecule has 1 atom stereocenters. The summed E-state index contributed by atoms with van der Waals surface area (Å²) in [6.07, 6.45) is 0.712. The SMILES string of the molecule is CCNC(COC)Cc1nc(CSCC(C)C)no1. The largest absolute Gasteiger partial charge is 0.383 e. The van der Waals surface area contributed by atoms with Crippen LogP contribution in [0.4, 0.5) is 0 Å². The number of aromatic nitrogens is 2. The number of thioether (sulfide) groups is 1. The predicted molar refractivity (Wildman–Crippen MR) is 78.3 cm³/mol. The van der Waals surface area contributed by atoms with Gasteiger partial charge in [0.2, 0.25) is 5.89 Å². The van der Waals surface area contributed by atoms with Crippen molar-refractivity contribution in [3.63, 3.8) is 0 Å². The Morgan fingerprint density at radius 2 is 2.21 bits per heavy atom. The number of likely N-dealkylation sites (N-methyl/N-ethyl adjacent to an activating group) is 1. The van der Waals surface area contributed by atoms with E-state index >= 15 is 0 Å². The molecule has 5 nitrogen and oxygen atoms in total. The van der Waals surface area contributed by atoms with E-state index in [9.17, 15) is 0 Å². The maximum atomic E-state index is 5.28. The summed E-state index contributed by atoms with van der Waals surface area (Å²) >= 11 is 1.84. The molecule has 0 aliphatic rings. The normalized spacial score (nSPS) is 13.1. The zero-order valence-electron chi connectivity index (χ0n) is 12.3. The quantitative estimate of drug-likeness (QED) is 0.711. The molecule has 0 radical (unpaired) electrons. The molecule has 1 N–H and O–H groups in total. The molecule has 1 aromatic heterocycles. The van der Waals surface area contributed by atoms with E-state index in [2.05, 4.69) is 36.2 Å². The number of methoxy groups -OCH3 is 1. The molecule has 1 heterocycles. The van der Waals surface area contributed by atoms with Crippen LogP contribution in [-0.2, 0) is 16.9 Å². The van der Waals surface area contributed by atoms with E-state index in [-0.39, 0.29) is 6.04 Å². The van der Waals surface area contributed by atoms with Crippen LogP contribution in [0.5, 0.6) is 0 Å². The lowest BCUT2D eigenvalue weighted by Crippen LogP contribution is -2.35. The standard InChI is InChI=1S/C13H25N3O2S/c1-5-14-11(7-17-4)6-13-15-12(16-18-13)9-19-8-10(2)3/h10-11,14H,5-9H2,1-4H3. The van der Waals surface area contributed by atoms with E-state index in [1.165, 1.54) is 0 Å². The van der Waals surface area contributed by atoms with Gasteiger partial charge in [-0.2, -0.15) is 16.7 Å². The summed E-state index contributed by atoms with van der Waals surface area (Å²) in [6.45, 7) is 8.04. The lowest BCUT2D eigenvalue weighted by atomic mass is 10.2. The first-order valence-electron chi connectivity index (χ1n) is 6.77. The first-order chi connectivity index (χ1) is 9.15.